The van der Waals surface area contributed by atoms with E-state index in [1.807, 2.05) is 24.3 Å². The van der Waals surface area contributed by atoms with Crippen LogP contribution in [0.2, 0.25) is 0 Å². The van der Waals surface area contributed by atoms with Crippen molar-refractivity contribution in [3.05, 3.63) is 48.2 Å². The molecular weight excluding hydrogens is 302 g/mol. The molecule has 24 heavy (non-hydrogen) atoms. The Balaban J connectivity index is 1.71. The van der Waals surface area contributed by atoms with Gasteiger partial charge in [-0.05, 0) is 49.2 Å². The third-order valence-corrected chi connectivity index (χ3v) is 4.35. The van der Waals surface area contributed by atoms with Crippen molar-refractivity contribution in [1.82, 2.24) is 4.98 Å². The molecule has 1 saturated carbocycles. The number of nitrogens with zero attached hydrogens (tertiary/aromatic N) is 1. The largest absolute Gasteiger partial charge is 0.497 e. The number of benzene rings is 1. The van der Waals surface area contributed by atoms with Crippen molar-refractivity contribution >= 4 is 17.4 Å². The molecule has 2 N–H and O–H groups in total. The fraction of sp³-hybridized carbons (Fsp3) is 0.368. The average Bonchev–Trinajstić information content (AvgIpc) is 2.63. The summed E-state index contributed by atoms with van der Waals surface area (Å²) in [6, 6.07) is 11.3. The fourth-order valence-electron chi connectivity index (χ4n) is 3.02. The van der Waals surface area contributed by atoms with Crippen LogP contribution >= 0.6 is 0 Å². The normalized spacial score (nSPS) is 14.9. The summed E-state index contributed by atoms with van der Waals surface area (Å²) in [5, 5.41) is 6.36. The zero-order chi connectivity index (χ0) is 16.8. The SMILES string of the molecule is COc1ccc(NC(=O)c2cccnc2NC2CCCCC2)cc1. The Morgan fingerprint density at radius 3 is 2.58 bits per heavy atom. The summed E-state index contributed by atoms with van der Waals surface area (Å²) in [4.78, 5) is 17.0. The maximum absolute atomic E-state index is 12.6. The van der Waals surface area contributed by atoms with Crippen molar-refractivity contribution in [1.29, 1.82) is 0 Å². The lowest BCUT2D eigenvalue weighted by Crippen LogP contribution is -2.25. The molecule has 1 aliphatic rings. The van der Waals surface area contributed by atoms with Gasteiger partial charge in [-0.3, -0.25) is 4.79 Å². The summed E-state index contributed by atoms with van der Waals surface area (Å²) in [6.45, 7) is 0. The van der Waals surface area contributed by atoms with Gasteiger partial charge in [0.25, 0.3) is 5.91 Å². The molecule has 3 rings (SSSR count). The van der Waals surface area contributed by atoms with Gasteiger partial charge in [-0.15, -0.1) is 0 Å². The van der Waals surface area contributed by atoms with Gasteiger partial charge in [0.2, 0.25) is 0 Å². The van der Waals surface area contributed by atoms with Crippen LogP contribution in [0, 0.1) is 0 Å². The van der Waals surface area contributed by atoms with E-state index in [1.165, 1.54) is 19.3 Å². The monoisotopic (exact) mass is 325 g/mol. The number of ether oxygens (including phenoxy) is 1. The molecule has 2 aromatic rings. The average molecular weight is 325 g/mol. The van der Waals surface area contributed by atoms with Crippen molar-refractivity contribution in [3.63, 3.8) is 0 Å². The third-order valence-electron chi connectivity index (χ3n) is 4.35. The van der Waals surface area contributed by atoms with Gasteiger partial charge in [0.05, 0.1) is 12.7 Å². The van der Waals surface area contributed by atoms with E-state index in [1.54, 1.807) is 25.4 Å². The minimum Gasteiger partial charge on any atom is -0.497 e. The highest BCUT2D eigenvalue weighted by Gasteiger charge is 2.18. The highest BCUT2D eigenvalue weighted by atomic mass is 16.5. The van der Waals surface area contributed by atoms with E-state index in [0.29, 0.717) is 17.4 Å². The maximum atomic E-state index is 12.6. The molecule has 0 spiro atoms. The number of rotatable bonds is 5. The van der Waals surface area contributed by atoms with Gasteiger partial charge >= 0.3 is 0 Å². The molecule has 1 aromatic heterocycles. The highest BCUT2D eigenvalue weighted by Crippen LogP contribution is 2.23. The fourth-order valence-corrected chi connectivity index (χ4v) is 3.02. The highest BCUT2D eigenvalue weighted by molar-refractivity contribution is 6.07. The lowest BCUT2D eigenvalue weighted by atomic mass is 9.95. The van der Waals surface area contributed by atoms with Gasteiger partial charge in [0.1, 0.15) is 11.6 Å². The van der Waals surface area contributed by atoms with Crippen molar-refractivity contribution in [2.24, 2.45) is 0 Å². The number of carbonyl (C=O) groups excluding carboxylic acids is 1. The predicted octanol–water partition coefficient (Wildman–Crippen LogP) is 4.09. The summed E-state index contributed by atoms with van der Waals surface area (Å²) in [5.74, 6) is 1.26. The molecular formula is C19H23N3O2. The molecule has 1 heterocycles. The molecule has 1 amide bonds. The summed E-state index contributed by atoms with van der Waals surface area (Å²) in [5.41, 5.74) is 1.30. The molecule has 0 aliphatic heterocycles. The van der Waals surface area contributed by atoms with E-state index in [2.05, 4.69) is 15.6 Å². The van der Waals surface area contributed by atoms with Gasteiger partial charge in [-0.1, -0.05) is 19.3 Å². The van der Waals surface area contributed by atoms with Crippen molar-refractivity contribution in [2.75, 3.05) is 17.7 Å². The lowest BCUT2D eigenvalue weighted by Gasteiger charge is -2.24. The zero-order valence-corrected chi connectivity index (χ0v) is 13.9. The van der Waals surface area contributed by atoms with Crippen LogP contribution in [0.25, 0.3) is 0 Å². The molecule has 126 valence electrons. The van der Waals surface area contributed by atoms with Crippen LogP contribution in [-0.4, -0.2) is 24.0 Å². The smallest absolute Gasteiger partial charge is 0.259 e. The van der Waals surface area contributed by atoms with Crippen molar-refractivity contribution < 1.29 is 9.53 Å². The Morgan fingerprint density at radius 1 is 1.12 bits per heavy atom. The Hall–Kier alpha value is -2.56. The Labute approximate surface area is 142 Å². The number of carbonyl (C=O) groups is 1. The summed E-state index contributed by atoms with van der Waals surface area (Å²) in [7, 11) is 1.62. The number of pyridine rings is 1. The van der Waals surface area contributed by atoms with Gasteiger partial charge in [0, 0.05) is 17.9 Å². The summed E-state index contributed by atoms with van der Waals surface area (Å²) >= 11 is 0. The molecule has 0 unspecified atom stereocenters. The minimum atomic E-state index is -0.161. The van der Waals surface area contributed by atoms with Crippen molar-refractivity contribution in [2.45, 2.75) is 38.1 Å². The van der Waals surface area contributed by atoms with Crippen molar-refractivity contribution in [3.8, 4) is 5.75 Å². The Bertz CT molecular complexity index is 679. The topological polar surface area (TPSA) is 63.2 Å². The molecule has 0 saturated heterocycles. The van der Waals surface area contributed by atoms with E-state index < -0.39 is 0 Å². The number of hydrogen-bond acceptors (Lipinski definition) is 4. The van der Waals surface area contributed by atoms with Gasteiger partial charge in [-0.25, -0.2) is 4.98 Å². The van der Waals surface area contributed by atoms with Gasteiger partial charge in [0.15, 0.2) is 0 Å². The molecule has 1 aromatic carbocycles. The van der Waals surface area contributed by atoms with Crippen LogP contribution in [-0.2, 0) is 0 Å². The van der Waals surface area contributed by atoms with Gasteiger partial charge in [-0.2, -0.15) is 0 Å². The second-order valence-corrected chi connectivity index (χ2v) is 6.06. The van der Waals surface area contributed by atoms with Crippen LogP contribution in [0.15, 0.2) is 42.6 Å². The second kappa shape index (κ2) is 7.81. The van der Waals surface area contributed by atoms with Crippen LogP contribution in [0.3, 0.4) is 0 Å². The molecule has 0 radical (unpaired) electrons. The minimum absolute atomic E-state index is 0.161. The lowest BCUT2D eigenvalue weighted by molar-refractivity contribution is 0.102. The van der Waals surface area contributed by atoms with E-state index in [0.717, 1.165) is 24.3 Å². The number of aromatic nitrogens is 1. The molecule has 1 fully saturated rings. The van der Waals surface area contributed by atoms with E-state index in [4.69, 9.17) is 4.74 Å². The number of anilines is 2. The zero-order valence-electron chi connectivity index (χ0n) is 13.9. The number of hydrogen-bond donors (Lipinski definition) is 2. The first-order valence-corrected chi connectivity index (χ1v) is 8.43. The third kappa shape index (κ3) is 4.04. The maximum Gasteiger partial charge on any atom is 0.259 e. The Kier molecular flexibility index (Phi) is 5.31. The molecule has 0 atom stereocenters. The second-order valence-electron chi connectivity index (χ2n) is 6.06. The first-order chi connectivity index (χ1) is 11.8. The number of nitrogens with one attached hydrogen (secondary N) is 2. The molecule has 5 nitrogen and oxygen atoms in total. The number of amides is 1. The summed E-state index contributed by atoms with van der Waals surface area (Å²) < 4.78 is 5.13. The molecule has 0 bridgehead atoms. The van der Waals surface area contributed by atoms with Crippen LogP contribution in [0.5, 0.6) is 5.75 Å². The van der Waals surface area contributed by atoms with Crippen LogP contribution in [0.4, 0.5) is 11.5 Å². The predicted molar refractivity (Wildman–Crippen MR) is 95.7 cm³/mol. The van der Waals surface area contributed by atoms with E-state index in [9.17, 15) is 4.79 Å². The first-order valence-electron chi connectivity index (χ1n) is 8.43. The van der Waals surface area contributed by atoms with Gasteiger partial charge < -0.3 is 15.4 Å². The quantitative estimate of drug-likeness (QED) is 0.869. The van der Waals surface area contributed by atoms with E-state index >= 15 is 0 Å². The first kappa shape index (κ1) is 16.3. The summed E-state index contributed by atoms with van der Waals surface area (Å²) in [6.07, 6.45) is 7.75. The van der Waals surface area contributed by atoms with E-state index in [-0.39, 0.29) is 5.91 Å². The molecule has 5 heteroatoms. The van der Waals surface area contributed by atoms with Crippen LogP contribution in [0.1, 0.15) is 42.5 Å². The Morgan fingerprint density at radius 2 is 1.88 bits per heavy atom. The molecule has 1 aliphatic carbocycles. The number of methoxy groups -OCH3 is 1. The standard InChI is InChI=1S/C19H23N3O2/c1-24-16-11-9-15(10-12-16)22-19(23)17-8-5-13-20-18(17)21-14-6-3-2-4-7-14/h5,8-14H,2-4,6-7H2,1H3,(H,20,21)(H,22,23). The van der Waals surface area contributed by atoms with Crippen LogP contribution < -0.4 is 15.4 Å².